The number of hydrogen-bond donors (Lipinski definition) is 2. The lowest BCUT2D eigenvalue weighted by molar-refractivity contribution is -0.122. The zero-order valence-electron chi connectivity index (χ0n) is 23.7. The van der Waals surface area contributed by atoms with Crippen molar-refractivity contribution in [2.45, 2.75) is 25.9 Å². The highest BCUT2D eigenvalue weighted by Crippen LogP contribution is 2.26. The summed E-state index contributed by atoms with van der Waals surface area (Å²) in [6.45, 7) is 5.73. The molecule has 212 valence electrons. The van der Waals surface area contributed by atoms with Crippen LogP contribution in [0.5, 0.6) is 0 Å². The molecule has 0 saturated carbocycles. The summed E-state index contributed by atoms with van der Waals surface area (Å²) < 4.78 is 1.71. The quantitative estimate of drug-likeness (QED) is 0.331. The van der Waals surface area contributed by atoms with E-state index in [4.69, 9.17) is 0 Å². The molecule has 1 aromatic heterocycles. The van der Waals surface area contributed by atoms with E-state index in [-0.39, 0.29) is 23.4 Å². The minimum atomic E-state index is -0.199. The molecule has 1 aliphatic heterocycles. The summed E-state index contributed by atoms with van der Waals surface area (Å²) in [4.78, 5) is 44.6. The molecule has 0 radical (unpaired) electrons. The van der Waals surface area contributed by atoms with Crippen molar-refractivity contribution >= 4 is 22.6 Å². The molecule has 4 aromatic rings. The summed E-state index contributed by atoms with van der Waals surface area (Å²) in [5.74, 6) is -0.205. The molecule has 0 unspecified atom stereocenters. The number of carbonyl (C=O) groups excluding carboxylic acids is 2. The number of piperazine rings is 1. The molecule has 8 nitrogen and oxygen atoms in total. The maximum absolute atomic E-state index is 14.3. The van der Waals surface area contributed by atoms with Crippen molar-refractivity contribution in [3.8, 4) is 5.69 Å². The third-order valence-corrected chi connectivity index (χ3v) is 7.83. The van der Waals surface area contributed by atoms with Gasteiger partial charge in [-0.05, 0) is 30.2 Å². The molecule has 2 heterocycles. The standard InChI is InChI=1S/C33H37N5O3/c1-3-28(24-12-6-4-7-13-24)35-32(40)31-26-16-10-11-17-27(26)33(41)38(25-14-8-5-9-15-25)29(31)22-36-18-20-37(21-19-36)23-30(39)34-2/h4-17,28H,3,18-23H2,1-2H3,(H,34,39)(H,35,40)/t28-/m0/s1. The zero-order chi connectivity index (χ0) is 28.8. The van der Waals surface area contributed by atoms with E-state index >= 15 is 0 Å². The van der Waals surface area contributed by atoms with Crippen molar-refractivity contribution in [1.29, 1.82) is 0 Å². The maximum Gasteiger partial charge on any atom is 0.263 e. The third kappa shape index (κ3) is 6.24. The highest BCUT2D eigenvalue weighted by molar-refractivity contribution is 6.08. The van der Waals surface area contributed by atoms with E-state index in [0.717, 1.165) is 43.9 Å². The van der Waals surface area contributed by atoms with E-state index in [1.165, 1.54) is 0 Å². The van der Waals surface area contributed by atoms with Gasteiger partial charge in [0.1, 0.15) is 0 Å². The van der Waals surface area contributed by atoms with Crippen LogP contribution in [0.1, 0.15) is 41.0 Å². The number of para-hydroxylation sites is 1. The van der Waals surface area contributed by atoms with Crippen molar-refractivity contribution in [2.75, 3.05) is 39.8 Å². The molecule has 8 heteroatoms. The van der Waals surface area contributed by atoms with Crippen molar-refractivity contribution in [3.05, 3.63) is 112 Å². The number of likely N-dealkylation sites (N-methyl/N-ethyl adjacent to an activating group) is 1. The Morgan fingerprint density at radius 2 is 1.39 bits per heavy atom. The van der Waals surface area contributed by atoms with Crippen LogP contribution >= 0.6 is 0 Å². The fraction of sp³-hybridized carbons (Fsp3) is 0.303. The lowest BCUT2D eigenvalue weighted by Gasteiger charge is -2.35. The average Bonchev–Trinajstić information content (AvgIpc) is 3.01. The Morgan fingerprint density at radius 3 is 2.02 bits per heavy atom. The number of rotatable bonds is 9. The Balaban J connectivity index is 1.59. The SMILES string of the molecule is CC[C@H](NC(=O)c1c(CN2CCN(CC(=O)NC)CC2)n(-c2ccccc2)c(=O)c2ccccc12)c1ccccc1. The van der Waals surface area contributed by atoms with Gasteiger partial charge in [-0.15, -0.1) is 0 Å². The molecular weight excluding hydrogens is 514 g/mol. The van der Waals surface area contributed by atoms with Gasteiger partial charge in [-0.3, -0.25) is 28.8 Å². The van der Waals surface area contributed by atoms with Gasteiger partial charge in [0.25, 0.3) is 11.5 Å². The van der Waals surface area contributed by atoms with Crippen molar-refractivity contribution < 1.29 is 9.59 Å². The lowest BCUT2D eigenvalue weighted by Crippen LogP contribution is -2.49. The Labute approximate surface area is 240 Å². The van der Waals surface area contributed by atoms with Gasteiger partial charge >= 0.3 is 0 Å². The van der Waals surface area contributed by atoms with Crippen LogP contribution in [-0.4, -0.2) is 66.0 Å². The van der Waals surface area contributed by atoms with Crippen LogP contribution in [-0.2, 0) is 11.3 Å². The normalized spacial score (nSPS) is 15.0. The molecule has 3 aromatic carbocycles. The van der Waals surface area contributed by atoms with Crippen LogP contribution < -0.4 is 16.2 Å². The average molecular weight is 552 g/mol. The molecule has 1 aliphatic rings. The second-order valence-electron chi connectivity index (χ2n) is 10.4. The van der Waals surface area contributed by atoms with Crippen LogP contribution in [0.2, 0.25) is 0 Å². The minimum absolute atomic E-state index is 0.00579. The predicted octanol–water partition coefficient (Wildman–Crippen LogP) is 3.74. The van der Waals surface area contributed by atoms with Gasteiger partial charge in [0.15, 0.2) is 0 Å². The number of nitrogens with zero attached hydrogens (tertiary/aromatic N) is 3. The van der Waals surface area contributed by atoms with E-state index in [1.807, 2.05) is 78.9 Å². The van der Waals surface area contributed by atoms with Crippen LogP contribution in [0.15, 0.2) is 89.7 Å². The number of amides is 2. The molecule has 5 rings (SSSR count). The Bertz CT molecular complexity index is 1560. The summed E-state index contributed by atoms with van der Waals surface area (Å²) in [6.07, 6.45) is 0.731. The fourth-order valence-electron chi connectivity index (χ4n) is 5.59. The molecule has 0 aliphatic carbocycles. The van der Waals surface area contributed by atoms with E-state index in [9.17, 15) is 14.4 Å². The van der Waals surface area contributed by atoms with Crippen LogP contribution in [0.3, 0.4) is 0 Å². The van der Waals surface area contributed by atoms with Crippen LogP contribution in [0.25, 0.3) is 16.5 Å². The Morgan fingerprint density at radius 1 is 0.805 bits per heavy atom. The molecular formula is C33H37N5O3. The lowest BCUT2D eigenvalue weighted by atomic mass is 9.99. The van der Waals surface area contributed by atoms with Crippen molar-refractivity contribution in [1.82, 2.24) is 25.0 Å². The largest absolute Gasteiger partial charge is 0.358 e. The van der Waals surface area contributed by atoms with E-state index in [2.05, 4.69) is 27.4 Å². The molecule has 0 spiro atoms. The van der Waals surface area contributed by atoms with Crippen LogP contribution in [0.4, 0.5) is 0 Å². The molecule has 2 N–H and O–H groups in total. The molecule has 1 saturated heterocycles. The second-order valence-corrected chi connectivity index (χ2v) is 10.4. The Hall–Kier alpha value is -4.27. The molecule has 0 bridgehead atoms. The summed E-state index contributed by atoms with van der Waals surface area (Å²) >= 11 is 0. The van der Waals surface area contributed by atoms with Gasteiger partial charge < -0.3 is 10.6 Å². The van der Waals surface area contributed by atoms with E-state index in [0.29, 0.717) is 35.1 Å². The first kappa shape index (κ1) is 28.3. The second kappa shape index (κ2) is 12.9. The number of aromatic nitrogens is 1. The number of pyridine rings is 1. The number of benzene rings is 3. The first-order chi connectivity index (χ1) is 20.0. The van der Waals surface area contributed by atoms with Gasteiger partial charge in [0.2, 0.25) is 5.91 Å². The molecule has 41 heavy (non-hydrogen) atoms. The van der Waals surface area contributed by atoms with Crippen molar-refractivity contribution in [3.63, 3.8) is 0 Å². The number of fused-ring (bicyclic) bond motifs is 1. The highest BCUT2D eigenvalue weighted by Gasteiger charge is 2.27. The zero-order valence-corrected chi connectivity index (χ0v) is 23.7. The number of nitrogens with one attached hydrogen (secondary N) is 2. The topological polar surface area (TPSA) is 86.7 Å². The maximum atomic E-state index is 14.3. The summed E-state index contributed by atoms with van der Waals surface area (Å²) in [7, 11) is 1.65. The van der Waals surface area contributed by atoms with Gasteiger partial charge in [-0.2, -0.15) is 0 Å². The third-order valence-electron chi connectivity index (χ3n) is 7.83. The molecule has 1 fully saturated rings. The van der Waals surface area contributed by atoms with Gasteiger partial charge in [0, 0.05) is 56.2 Å². The highest BCUT2D eigenvalue weighted by atomic mass is 16.2. The van der Waals surface area contributed by atoms with E-state index < -0.39 is 0 Å². The van der Waals surface area contributed by atoms with Crippen molar-refractivity contribution in [2.24, 2.45) is 0 Å². The first-order valence-electron chi connectivity index (χ1n) is 14.2. The first-order valence-corrected chi connectivity index (χ1v) is 14.2. The van der Waals surface area contributed by atoms with Gasteiger partial charge in [0.05, 0.1) is 23.8 Å². The minimum Gasteiger partial charge on any atom is -0.358 e. The van der Waals surface area contributed by atoms with Crippen LogP contribution in [0, 0.1) is 0 Å². The summed E-state index contributed by atoms with van der Waals surface area (Å²) in [5, 5.41) is 7.12. The monoisotopic (exact) mass is 551 g/mol. The van der Waals surface area contributed by atoms with E-state index in [1.54, 1.807) is 17.7 Å². The summed E-state index contributed by atoms with van der Waals surface area (Å²) in [6, 6.07) is 26.7. The fourth-order valence-corrected chi connectivity index (χ4v) is 5.59. The van der Waals surface area contributed by atoms with Gasteiger partial charge in [-0.25, -0.2) is 0 Å². The summed E-state index contributed by atoms with van der Waals surface area (Å²) in [5.41, 5.74) is 2.80. The number of carbonyl (C=O) groups is 2. The Kier molecular flexibility index (Phi) is 8.91. The molecule has 2 amide bonds. The van der Waals surface area contributed by atoms with Gasteiger partial charge in [-0.1, -0.05) is 73.7 Å². The molecule has 1 atom stereocenters. The number of hydrogen-bond acceptors (Lipinski definition) is 5. The predicted molar refractivity (Wildman–Crippen MR) is 162 cm³/mol. The smallest absolute Gasteiger partial charge is 0.263 e.